The summed E-state index contributed by atoms with van der Waals surface area (Å²) in [4.78, 5) is 26.1. The van der Waals surface area contributed by atoms with Crippen molar-refractivity contribution in [3.05, 3.63) is 87.0 Å². The van der Waals surface area contributed by atoms with Crippen molar-refractivity contribution in [2.45, 2.75) is 24.1 Å². The molecule has 0 aliphatic carbocycles. The van der Waals surface area contributed by atoms with Crippen LogP contribution in [0.4, 0.5) is 0 Å². The summed E-state index contributed by atoms with van der Waals surface area (Å²) in [5.74, 6) is -0.734. The number of thioether (sulfide) groups is 1. The molecule has 0 unspecified atom stereocenters. The average molecular weight is 450 g/mol. The number of aliphatic hydroxyl groups excluding tert-OH is 1. The first-order chi connectivity index (χ1) is 15.1. The number of nitrogens with zero attached hydrogens (tertiary/aromatic N) is 1. The Morgan fingerprint density at radius 3 is 2.61 bits per heavy atom. The molecule has 1 aliphatic heterocycles. The standard InChI is InChI=1S/C24H19NO4S2/c26-12-18-17(11-15-7-3-6-14-5-1-2-8-16(14)15)21(20-9-4-10-30-20)23-25(22(18)27)19(13-31-23)24(28)29/h1-10,19,26H,11-13H2,(H,28,29)/t19-/m0/s1. The Hall–Kier alpha value is -2.87. The van der Waals surface area contributed by atoms with Gasteiger partial charge in [-0.3, -0.25) is 9.36 Å². The summed E-state index contributed by atoms with van der Waals surface area (Å²) in [6, 6.07) is 17.2. The first kappa shape index (κ1) is 20.1. The average Bonchev–Trinajstić information content (AvgIpc) is 3.45. The van der Waals surface area contributed by atoms with Crippen LogP contribution in [0.25, 0.3) is 21.2 Å². The third-order valence-electron chi connectivity index (χ3n) is 5.72. The number of rotatable bonds is 5. The van der Waals surface area contributed by atoms with Gasteiger partial charge < -0.3 is 10.2 Å². The van der Waals surface area contributed by atoms with Crippen molar-refractivity contribution >= 4 is 39.8 Å². The van der Waals surface area contributed by atoms with Gasteiger partial charge in [-0.1, -0.05) is 48.5 Å². The largest absolute Gasteiger partial charge is 0.480 e. The smallest absolute Gasteiger partial charge is 0.327 e. The normalized spacial score (nSPS) is 15.3. The quantitative estimate of drug-likeness (QED) is 0.468. The number of hydrogen-bond acceptors (Lipinski definition) is 5. The molecule has 31 heavy (non-hydrogen) atoms. The van der Waals surface area contributed by atoms with E-state index in [1.165, 1.54) is 16.3 Å². The maximum Gasteiger partial charge on any atom is 0.327 e. The fourth-order valence-electron chi connectivity index (χ4n) is 4.28. The second-order valence-electron chi connectivity index (χ2n) is 7.43. The SMILES string of the molecule is O=C(O)[C@@H]1CSc2c(-c3cccs3)c(Cc3cccc4ccccc34)c(CO)c(=O)n21. The molecule has 2 aromatic carbocycles. The van der Waals surface area contributed by atoms with Crippen LogP contribution in [0.1, 0.15) is 22.7 Å². The summed E-state index contributed by atoms with van der Waals surface area (Å²) in [6.45, 7) is -0.436. The maximum absolute atomic E-state index is 13.3. The topological polar surface area (TPSA) is 79.5 Å². The number of carboxylic acid groups (broad SMARTS) is 1. The maximum atomic E-state index is 13.3. The predicted molar refractivity (Wildman–Crippen MR) is 124 cm³/mol. The zero-order chi connectivity index (χ0) is 21.5. The van der Waals surface area contributed by atoms with Crippen LogP contribution in [0.5, 0.6) is 0 Å². The first-order valence-corrected chi connectivity index (χ1v) is 11.7. The Labute approximate surface area is 186 Å². The molecule has 0 fully saturated rings. The molecule has 3 heterocycles. The monoisotopic (exact) mass is 449 g/mol. The van der Waals surface area contributed by atoms with Gasteiger partial charge in [0.05, 0.1) is 11.6 Å². The Morgan fingerprint density at radius 1 is 1.06 bits per heavy atom. The number of aliphatic carboxylic acids is 1. The molecule has 0 radical (unpaired) electrons. The van der Waals surface area contributed by atoms with Gasteiger partial charge in [-0.05, 0) is 39.8 Å². The molecule has 1 aliphatic rings. The number of thiophene rings is 1. The molecule has 5 nitrogen and oxygen atoms in total. The molecule has 7 heteroatoms. The minimum absolute atomic E-state index is 0.272. The van der Waals surface area contributed by atoms with Gasteiger partial charge in [0.2, 0.25) is 0 Å². The van der Waals surface area contributed by atoms with E-state index in [1.807, 2.05) is 41.8 Å². The molecule has 0 spiro atoms. The molecule has 0 amide bonds. The highest BCUT2D eigenvalue weighted by Gasteiger charge is 2.35. The molecule has 0 saturated carbocycles. The summed E-state index contributed by atoms with van der Waals surface area (Å²) in [7, 11) is 0. The molecular weight excluding hydrogens is 430 g/mol. The van der Waals surface area contributed by atoms with Crippen molar-refractivity contribution in [3.63, 3.8) is 0 Å². The molecule has 4 aromatic rings. The van der Waals surface area contributed by atoms with Crippen molar-refractivity contribution in [2.75, 3.05) is 5.75 Å². The number of carbonyl (C=O) groups is 1. The van der Waals surface area contributed by atoms with Gasteiger partial charge in [0.15, 0.2) is 0 Å². The Morgan fingerprint density at radius 2 is 1.87 bits per heavy atom. The lowest BCUT2D eigenvalue weighted by Gasteiger charge is -2.20. The van der Waals surface area contributed by atoms with Crippen LogP contribution in [0.2, 0.25) is 0 Å². The van der Waals surface area contributed by atoms with E-state index >= 15 is 0 Å². The summed E-state index contributed by atoms with van der Waals surface area (Å²) < 4.78 is 1.36. The van der Waals surface area contributed by atoms with Gasteiger partial charge in [-0.25, -0.2) is 4.79 Å². The molecule has 1 atom stereocenters. The zero-order valence-electron chi connectivity index (χ0n) is 16.4. The van der Waals surface area contributed by atoms with Gasteiger partial charge >= 0.3 is 5.97 Å². The van der Waals surface area contributed by atoms with Crippen LogP contribution in [-0.4, -0.2) is 26.5 Å². The predicted octanol–water partition coefficient (Wildman–Crippen LogP) is 4.54. The van der Waals surface area contributed by atoms with E-state index in [4.69, 9.17) is 0 Å². The number of fused-ring (bicyclic) bond motifs is 2. The number of hydrogen-bond donors (Lipinski definition) is 2. The molecule has 2 N–H and O–H groups in total. The van der Waals surface area contributed by atoms with Crippen molar-refractivity contribution in [1.82, 2.24) is 4.57 Å². The number of carboxylic acids is 1. The molecule has 2 aromatic heterocycles. The Bertz CT molecular complexity index is 1350. The highest BCUT2D eigenvalue weighted by atomic mass is 32.2. The van der Waals surface area contributed by atoms with Crippen molar-refractivity contribution < 1.29 is 15.0 Å². The zero-order valence-corrected chi connectivity index (χ0v) is 18.1. The summed E-state index contributed by atoms with van der Waals surface area (Å²) in [5.41, 5.74) is 2.56. The van der Waals surface area contributed by atoms with Gasteiger partial charge in [-0.15, -0.1) is 23.1 Å². The second-order valence-corrected chi connectivity index (χ2v) is 9.38. The molecule has 0 saturated heterocycles. The van der Waals surface area contributed by atoms with Gasteiger partial charge in [0, 0.05) is 21.8 Å². The number of benzene rings is 2. The Balaban J connectivity index is 1.80. The summed E-state index contributed by atoms with van der Waals surface area (Å²) >= 11 is 2.95. The second kappa shape index (κ2) is 8.00. The van der Waals surface area contributed by atoms with Crippen molar-refractivity contribution in [1.29, 1.82) is 0 Å². The third-order valence-corrected chi connectivity index (χ3v) is 7.77. The van der Waals surface area contributed by atoms with Gasteiger partial charge in [0.1, 0.15) is 6.04 Å². The van der Waals surface area contributed by atoms with E-state index in [-0.39, 0.29) is 5.56 Å². The van der Waals surface area contributed by atoms with Crippen LogP contribution in [0.15, 0.2) is 69.8 Å². The summed E-state index contributed by atoms with van der Waals surface area (Å²) in [5, 5.41) is 24.7. The molecule has 156 valence electrons. The van der Waals surface area contributed by atoms with Crippen LogP contribution in [0.3, 0.4) is 0 Å². The van der Waals surface area contributed by atoms with Gasteiger partial charge in [0.25, 0.3) is 5.56 Å². The lowest BCUT2D eigenvalue weighted by molar-refractivity contribution is -0.140. The Kier molecular flexibility index (Phi) is 5.17. The minimum atomic E-state index is -1.03. The highest BCUT2D eigenvalue weighted by molar-refractivity contribution is 7.99. The van der Waals surface area contributed by atoms with Crippen LogP contribution in [0, 0.1) is 0 Å². The van der Waals surface area contributed by atoms with Crippen molar-refractivity contribution in [2.24, 2.45) is 0 Å². The minimum Gasteiger partial charge on any atom is -0.480 e. The fourth-order valence-corrected chi connectivity index (χ4v) is 6.47. The van der Waals surface area contributed by atoms with E-state index < -0.39 is 24.2 Å². The molecule has 0 bridgehead atoms. The van der Waals surface area contributed by atoms with E-state index in [0.717, 1.165) is 32.3 Å². The highest BCUT2D eigenvalue weighted by Crippen LogP contribution is 2.44. The first-order valence-electron chi connectivity index (χ1n) is 9.87. The number of aliphatic hydroxyl groups is 1. The van der Waals surface area contributed by atoms with Gasteiger partial charge in [-0.2, -0.15) is 0 Å². The summed E-state index contributed by atoms with van der Waals surface area (Å²) in [6.07, 6.45) is 0.478. The molecular formula is C24H19NO4S2. The number of aromatic nitrogens is 1. The third kappa shape index (κ3) is 3.29. The van der Waals surface area contributed by atoms with E-state index in [1.54, 1.807) is 11.3 Å². The lowest BCUT2D eigenvalue weighted by Crippen LogP contribution is -2.32. The van der Waals surface area contributed by atoms with Crippen LogP contribution >= 0.6 is 23.1 Å². The lowest BCUT2D eigenvalue weighted by atomic mass is 9.93. The number of pyridine rings is 1. The molecule has 5 rings (SSSR count). The van der Waals surface area contributed by atoms with Crippen LogP contribution < -0.4 is 5.56 Å². The van der Waals surface area contributed by atoms with E-state index in [0.29, 0.717) is 17.2 Å². The van der Waals surface area contributed by atoms with E-state index in [9.17, 15) is 19.8 Å². The van der Waals surface area contributed by atoms with Crippen molar-refractivity contribution in [3.8, 4) is 10.4 Å². The van der Waals surface area contributed by atoms with E-state index in [2.05, 4.69) is 18.2 Å². The fraction of sp³-hybridized carbons (Fsp3) is 0.167. The van der Waals surface area contributed by atoms with Crippen LogP contribution in [-0.2, 0) is 17.8 Å².